The molecule has 0 radical (unpaired) electrons. The lowest BCUT2D eigenvalue weighted by atomic mass is 9.86. The molecule has 0 aliphatic heterocycles. The van der Waals surface area contributed by atoms with Crippen molar-refractivity contribution in [3.05, 3.63) is 35.9 Å². The van der Waals surface area contributed by atoms with E-state index in [9.17, 15) is 9.90 Å². The van der Waals surface area contributed by atoms with Gasteiger partial charge in [0.05, 0.1) is 0 Å². The number of likely N-dealkylation sites (N-methyl/N-ethyl adjacent to an activating group) is 1. The van der Waals surface area contributed by atoms with Gasteiger partial charge >= 0.3 is 5.97 Å². The van der Waals surface area contributed by atoms with Gasteiger partial charge < -0.3 is 15.3 Å². The average molecular weight is 292 g/mol. The largest absolute Gasteiger partial charge is 0.480 e. The number of rotatable bonds is 10. The van der Waals surface area contributed by atoms with Crippen molar-refractivity contribution >= 4 is 5.97 Å². The maximum absolute atomic E-state index is 11.9. The zero-order chi connectivity index (χ0) is 15.7. The van der Waals surface area contributed by atoms with E-state index in [1.807, 2.05) is 30.3 Å². The van der Waals surface area contributed by atoms with Crippen molar-refractivity contribution in [2.45, 2.75) is 38.6 Å². The lowest BCUT2D eigenvalue weighted by molar-refractivity contribution is -0.145. The highest BCUT2D eigenvalue weighted by Crippen LogP contribution is 2.25. The van der Waals surface area contributed by atoms with Crippen molar-refractivity contribution in [1.82, 2.24) is 10.2 Å². The Bertz CT molecular complexity index is 422. The maximum atomic E-state index is 11.9. The molecule has 0 spiro atoms. The fraction of sp³-hybridized carbons (Fsp3) is 0.588. The summed E-state index contributed by atoms with van der Waals surface area (Å²) < 4.78 is 0. The van der Waals surface area contributed by atoms with Crippen LogP contribution in [0.4, 0.5) is 0 Å². The van der Waals surface area contributed by atoms with Gasteiger partial charge in [-0.15, -0.1) is 0 Å². The Labute approximate surface area is 128 Å². The van der Waals surface area contributed by atoms with Crippen LogP contribution in [-0.2, 0) is 10.3 Å². The topological polar surface area (TPSA) is 52.6 Å². The van der Waals surface area contributed by atoms with Crippen molar-refractivity contribution in [2.24, 2.45) is 0 Å². The molecule has 4 heteroatoms. The van der Waals surface area contributed by atoms with E-state index in [4.69, 9.17) is 0 Å². The van der Waals surface area contributed by atoms with Crippen LogP contribution in [0.5, 0.6) is 0 Å². The standard InChI is InChI=1S/C17H28N2O2/c1-4-6-13-19(5-2)14-12-17(18-3,16(20)21)15-10-8-7-9-11-15/h7-11,18H,4-6,12-14H2,1-3H3,(H,20,21). The van der Waals surface area contributed by atoms with Crippen molar-refractivity contribution in [2.75, 3.05) is 26.7 Å². The van der Waals surface area contributed by atoms with Gasteiger partial charge in [-0.1, -0.05) is 50.6 Å². The summed E-state index contributed by atoms with van der Waals surface area (Å²) in [5.74, 6) is -0.817. The van der Waals surface area contributed by atoms with E-state index in [1.54, 1.807) is 7.05 Å². The number of carboxylic acids is 1. The second-order valence-corrected chi connectivity index (χ2v) is 5.36. The van der Waals surface area contributed by atoms with Crippen LogP contribution in [-0.4, -0.2) is 42.7 Å². The minimum absolute atomic E-state index is 0.556. The summed E-state index contributed by atoms with van der Waals surface area (Å²) in [6, 6.07) is 9.45. The highest BCUT2D eigenvalue weighted by molar-refractivity contribution is 5.80. The third-order valence-corrected chi connectivity index (χ3v) is 4.14. The van der Waals surface area contributed by atoms with E-state index in [0.717, 1.165) is 38.0 Å². The van der Waals surface area contributed by atoms with E-state index in [0.29, 0.717) is 6.42 Å². The summed E-state index contributed by atoms with van der Waals surface area (Å²) >= 11 is 0. The monoisotopic (exact) mass is 292 g/mol. The number of carboxylic acid groups (broad SMARTS) is 1. The fourth-order valence-corrected chi connectivity index (χ4v) is 2.61. The molecule has 0 saturated heterocycles. The summed E-state index contributed by atoms with van der Waals surface area (Å²) in [6.07, 6.45) is 2.87. The van der Waals surface area contributed by atoms with Crippen LogP contribution < -0.4 is 5.32 Å². The number of unbranched alkanes of at least 4 members (excludes halogenated alkanes) is 1. The Morgan fingerprint density at radius 1 is 1.24 bits per heavy atom. The van der Waals surface area contributed by atoms with Crippen LogP contribution in [0.15, 0.2) is 30.3 Å². The molecule has 0 heterocycles. The van der Waals surface area contributed by atoms with Gasteiger partial charge in [0.2, 0.25) is 0 Å². The quantitative estimate of drug-likeness (QED) is 0.696. The van der Waals surface area contributed by atoms with Crippen molar-refractivity contribution < 1.29 is 9.90 Å². The number of hydrogen-bond donors (Lipinski definition) is 2. The highest BCUT2D eigenvalue weighted by atomic mass is 16.4. The van der Waals surface area contributed by atoms with Crippen LogP contribution in [0.25, 0.3) is 0 Å². The second kappa shape index (κ2) is 8.80. The first-order chi connectivity index (χ1) is 10.1. The molecule has 0 amide bonds. The minimum atomic E-state index is -1.01. The molecule has 118 valence electrons. The maximum Gasteiger partial charge on any atom is 0.328 e. The van der Waals surface area contributed by atoms with E-state index < -0.39 is 11.5 Å². The third-order valence-electron chi connectivity index (χ3n) is 4.14. The zero-order valence-electron chi connectivity index (χ0n) is 13.4. The molecule has 1 aromatic rings. The first-order valence-electron chi connectivity index (χ1n) is 7.80. The molecule has 0 aromatic heterocycles. The predicted octanol–water partition coefficient (Wildman–Crippen LogP) is 2.70. The number of nitrogens with one attached hydrogen (secondary N) is 1. The normalized spacial score (nSPS) is 14.1. The number of aliphatic carboxylic acids is 1. The van der Waals surface area contributed by atoms with E-state index in [-0.39, 0.29) is 0 Å². The molecule has 0 aliphatic rings. The molecule has 0 fully saturated rings. The second-order valence-electron chi connectivity index (χ2n) is 5.36. The fourth-order valence-electron chi connectivity index (χ4n) is 2.61. The summed E-state index contributed by atoms with van der Waals surface area (Å²) in [6.45, 7) is 7.06. The van der Waals surface area contributed by atoms with Crippen molar-refractivity contribution in [3.63, 3.8) is 0 Å². The van der Waals surface area contributed by atoms with Gasteiger partial charge in [0, 0.05) is 6.54 Å². The SMILES string of the molecule is CCCCN(CC)CCC(NC)(C(=O)O)c1ccccc1. The Morgan fingerprint density at radius 3 is 2.38 bits per heavy atom. The molecule has 1 aromatic carbocycles. The van der Waals surface area contributed by atoms with Gasteiger partial charge in [-0.2, -0.15) is 0 Å². The molecule has 1 unspecified atom stereocenters. The van der Waals surface area contributed by atoms with Crippen LogP contribution in [0.2, 0.25) is 0 Å². The Morgan fingerprint density at radius 2 is 1.90 bits per heavy atom. The molecule has 1 rings (SSSR count). The van der Waals surface area contributed by atoms with Gasteiger partial charge in [-0.05, 0) is 38.5 Å². The van der Waals surface area contributed by atoms with Gasteiger partial charge in [-0.3, -0.25) is 0 Å². The lowest BCUT2D eigenvalue weighted by Gasteiger charge is -2.32. The number of nitrogens with zero attached hydrogens (tertiary/aromatic N) is 1. The summed E-state index contributed by atoms with van der Waals surface area (Å²) in [7, 11) is 1.73. The summed E-state index contributed by atoms with van der Waals surface area (Å²) in [5.41, 5.74) is -0.201. The smallest absolute Gasteiger partial charge is 0.328 e. The molecule has 1 atom stereocenters. The third kappa shape index (κ3) is 4.55. The van der Waals surface area contributed by atoms with E-state index >= 15 is 0 Å². The molecular weight excluding hydrogens is 264 g/mol. The van der Waals surface area contributed by atoms with Gasteiger partial charge in [0.15, 0.2) is 0 Å². The molecule has 2 N–H and O–H groups in total. The average Bonchev–Trinajstić information content (AvgIpc) is 2.52. The highest BCUT2D eigenvalue weighted by Gasteiger charge is 2.38. The Hall–Kier alpha value is -1.39. The lowest BCUT2D eigenvalue weighted by Crippen LogP contribution is -2.49. The first kappa shape index (κ1) is 17.7. The molecule has 4 nitrogen and oxygen atoms in total. The number of carbonyl (C=O) groups is 1. The first-order valence-corrected chi connectivity index (χ1v) is 7.80. The van der Waals surface area contributed by atoms with Gasteiger partial charge in [-0.25, -0.2) is 4.79 Å². The van der Waals surface area contributed by atoms with E-state index in [2.05, 4.69) is 24.1 Å². The van der Waals surface area contributed by atoms with Crippen LogP contribution >= 0.6 is 0 Å². The van der Waals surface area contributed by atoms with Crippen LogP contribution in [0.3, 0.4) is 0 Å². The minimum Gasteiger partial charge on any atom is -0.480 e. The van der Waals surface area contributed by atoms with Crippen molar-refractivity contribution in [3.8, 4) is 0 Å². The number of benzene rings is 1. The predicted molar refractivity (Wildman–Crippen MR) is 86.5 cm³/mol. The zero-order valence-corrected chi connectivity index (χ0v) is 13.4. The van der Waals surface area contributed by atoms with Gasteiger partial charge in [0.1, 0.15) is 5.54 Å². The van der Waals surface area contributed by atoms with Crippen LogP contribution in [0.1, 0.15) is 38.7 Å². The Balaban J connectivity index is 2.86. The molecule has 0 saturated carbocycles. The van der Waals surface area contributed by atoms with E-state index in [1.165, 1.54) is 0 Å². The van der Waals surface area contributed by atoms with Crippen LogP contribution in [0, 0.1) is 0 Å². The summed E-state index contributed by atoms with van der Waals surface area (Å²) in [4.78, 5) is 14.2. The van der Waals surface area contributed by atoms with Gasteiger partial charge in [0.25, 0.3) is 0 Å². The summed E-state index contributed by atoms with van der Waals surface area (Å²) in [5, 5.41) is 12.8. The Kier molecular flexibility index (Phi) is 7.40. The number of hydrogen-bond acceptors (Lipinski definition) is 3. The van der Waals surface area contributed by atoms with Crippen molar-refractivity contribution in [1.29, 1.82) is 0 Å². The molecule has 0 bridgehead atoms. The molecule has 0 aliphatic carbocycles. The molecule has 21 heavy (non-hydrogen) atoms. The molecular formula is C17H28N2O2.